The normalized spacial score (nSPS) is 10.2. The van der Waals surface area contributed by atoms with Crippen LogP contribution in [0.25, 0.3) is 0 Å². The minimum absolute atomic E-state index is 0.247. The first-order valence-electron chi connectivity index (χ1n) is 6.51. The zero-order chi connectivity index (χ0) is 15.2. The quantitative estimate of drug-likeness (QED) is 0.628. The van der Waals surface area contributed by atoms with Crippen molar-refractivity contribution in [1.82, 2.24) is 4.90 Å². The van der Waals surface area contributed by atoms with Gasteiger partial charge in [-0.1, -0.05) is 30.3 Å². The van der Waals surface area contributed by atoms with E-state index in [4.69, 9.17) is 0 Å². The van der Waals surface area contributed by atoms with Crippen LogP contribution in [-0.4, -0.2) is 30.9 Å². The second-order valence-electron chi connectivity index (χ2n) is 4.64. The summed E-state index contributed by atoms with van der Waals surface area (Å²) in [5.74, 6) is -0.0524. The number of halogens is 1. The number of urea groups is 1. The Bertz CT molecular complexity index is 604. The Morgan fingerprint density at radius 2 is 1.67 bits per heavy atom. The fourth-order valence-corrected chi connectivity index (χ4v) is 2.67. The van der Waals surface area contributed by atoms with Gasteiger partial charge in [-0.15, -0.1) is 11.8 Å². The van der Waals surface area contributed by atoms with E-state index in [-0.39, 0.29) is 6.03 Å². The van der Waals surface area contributed by atoms with Crippen molar-refractivity contribution in [3.63, 3.8) is 0 Å². The summed E-state index contributed by atoms with van der Waals surface area (Å²) in [5, 5.41) is 0. The van der Waals surface area contributed by atoms with Crippen LogP contribution >= 0.6 is 11.8 Å². The predicted molar refractivity (Wildman–Crippen MR) is 85.1 cm³/mol. The molecule has 2 amide bonds. The zero-order valence-electron chi connectivity index (χ0n) is 12.0. The van der Waals surface area contributed by atoms with Gasteiger partial charge in [0, 0.05) is 19.0 Å². The number of carbonyl (C=O) groups is 1. The lowest BCUT2D eigenvalue weighted by Gasteiger charge is -2.26. The molecule has 0 aromatic heterocycles. The van der Waals surface area contributed by atoms with E-state index < -0.39 is 5.82 Å². The number of para-hydroxylation sites is 1. The van der Waals surface area contributed by atoms with Gasteiger partial charge in [0.15, 0.2) is 0 Å². The molecule has 0 aliphatic carbocycles. The van der Waals surface area contributed by atoms with E-state index in [0.717, 1.165) is 4.90 Å². The van der Waals surface area contributed by atoms with E-state index in [1.165, 1.54) is 27.6 Å². The van der Waals surface area contributed by atoms with E-state index >= 15 is 0 Å². The minimum atomic E-state index is -0.402. The van der Waals surface area contributed by atoms with Gasteiger partial charge in [-0.05, 0) is 24.3 Å². The maximum Gasteiger partial charge on any atom is 0.324 e. The third-order valence-corrected chi connectivity index (χ3v) is 3.85. The fourth-order valence-electron chi connectivity index (χ4n) is 1.80. The standard InChI is InChI=1S/C16H17FN2OS/c1-18(2)16(20)19(15-11-7-6-10-14(15)17)12-21-13-8-4-3-5-9-13/h3-11H,12H2,1-2H3. The summed E-state index contributed by atoms with van der Waals surface area (Å²) in [6, 6.07) is 15.8. The van der Waals surface area contributed by atoms with Gasteiger partial charge in [-0.25, -0.2) is 9.18 Å². The van der Waals surface area contributed by atoms with E-state index in [2.05, 4.69) is 0 Å². The number of amides is 2. The summed E-state index contributed by atoms with van der Waals surface area (Å²) in [5.41, 5.74) is 0.291. The first-order valence-corrected chi connectivity index (χ1v) is 7.49. The molecule has 0 aliphatic rings. The molecule has 0 N–H and O–H groups in total. The lowest BCUT2D eigenvalue weighted by Crippen LogP contribution is -2.39. The van der Waals surface area contributed by atoms with Crippen LogP contribution in [0.5, 0.6) is 0 Å². The number of thioether (sulfide) groups is 1. The lowest BCUT2D eigenvalue weighted by molar-refractivity contribution is 0.224. The highest BCUT2D eigenvalue weighted by atomic mass is 32.2. The highest BCUT2D eigenvalue weighted by Crippen LogP contribution is 2.25. The van der Waals surface area contributed by atoms with Crippen LogP contribution in [0.2, 0.25) is 0 Å². The van der Waals surface area contributed by atoms with Crippen molar-refractivity contribution in [2.75, 3.05) is 24.9 Å². The average molecular weight is 304 g/mol. The third kappa shape index (κ3) is 3.98. The van der Waals surface area contributed by atoms with Crippen LogP contribution < -0.4 is 4.90 Å². The van der Waals surface area contributed by atoms with E-state index in [0.29, 0.717) is 11.6 Å². The Balaban J connectivity index is 2.21. The molecule has 0 spiro atoms. The fraction of sp³-hybridized carbons (Fsp3) is 0.188. The smallest absolute Gasteiger partial charge is 0.324 e. The first-order chi connectivity index (χ1) is 10.1. The Hall–Kier alpha value is -2.01. The molecule has 0 aliphatic heterocycles. The third-order valence-electron chi connectivity index (χ3n) is 2.86. The molecule has 0 bridgehead atoms. The molecule has 3 nitrogen and oxygen atoms in total. The van der Waals surface area contributed by atoms with Crippen molar-refractivity contribution in [2.45, 2.75) is 4.90 Å². The topological polar surface area (TPSA) is 23.6 Å². The highest BCUT2D eigenvalue weighted by Gasteiger charge is 2.20. The number of rotatable bonds is 4. The van der Waals surface area contributed by atoms with Crippen molar-refractivity contribution in [1.29, 1.82) is 0 Å². The number of hydrogen-bond acceptors (Lipinski definition) is 2. The molecule has 0 saturated carbocycles. The Labute approximate surface area is 128 Å². The molecule has 0 fully saturated rings. The largest absolute Gasteiger partial charge is 0.330 e. The summed E-state index contributed by atoms with van der Waals surface area (Å²) in [6.45, 7) is 0. The van der Waals surface area contributed by atoms with Gasteiger partial charge >= 0.3 is 6.03 Å². The lowest BCUT2D eigenvalue weighted by atomic mass is 10.3. The van der Waals surface area contributed by atoms with Gasteiger partial charge in [-0.3, -0.25) is 4.90 Å². The molecular weight excluding hydrogens is 287 g/mol. The predicted octanol–water partition coefficient (Wildman–Crippen LogP) is 4.06. The average Bonchev–Trinajstić information content (AvgIpc) is 2.50. The number of hydrogen-bond donors (Lipinski definition) is 0. The van der Waals surface area contributed by atoms with Crippen molar-refractivity contribution in [3.05, 3.63) is 60.4 Å². The van der Waals surface area contributed by atoms with Crippen LogP contribution in [-0.2, 0) is 0 Å². The van der Waals surface area contributed by atoms with Gasteiger partial charge < -0.3 is 4.90 Å². The Morgan fingerprint density at radius 1 is 1.05 bits per heavy atom. The molecule has 0 unspecified atom stereocenters. The van der Waals surface area contributed by atoms with E-state index in [1.807, 2.05) is 30.3 Å². The Kier molecular flexibility index (Phi) is 5.22. The molecule has 110 valence electrons. The van der Waals surface area contributed by atoms with Gasteiger partial charge in [0.25, 0.3) is 0 Å². The summed E-state index contributed by atoms with van der Waals surface area (Å²) >= 11 is 1.49. The van der Waals surface area contributed by atoms with Crippen molar-refractivity contribution >= 4 is 23.5 Å². The van der Waals surface area contributed by atoms with Crippen molar-refractivity contribution in [3.8, 4) is 0 Å². The van der Waals surface area contributed by atoms with Gasteiger partial charge in [-0.2, -0.15) is 0 Å². The van der Waals surface area contributed by atoms with Crippen LogP contribution in [0.4, 0.5) is 14.9 Å². The molecule has 0 heterocycles. The molecule has 0 atom stereocenters. The van der Waals surface area contributed by atoms with Gasteiger partial charge in [0.1, 0.15) is 5.82 Å². The molecule has 21 heavy (non-hydrogen) atoms. The van der Waals surface area contributed by atoms with Gasteiger partial charge in [0.2, 0.25) is 0 Å². The highest BCUT2D eigenvalue weighted by molar-refractivity contribution is 7.99. The second-order valence-corrected chi connectivity index (χ2v) is 5.66. The summed E-state index contributed by atoms with van der Waals surface area (Å²) in [6.07, 6.45) is 0. The first kappa shape index (κ1) is 15.4. The van der Waals surface area contributed by atoms with Crippen molar-refractivity contribution in [2.24, 2.45) is 0 Å². The minimum Gasteiger partial charge on any atom is -0.330 e. The second kappa shape index (κ2) is 7.13. The molecule has 2 aromatic carbocycles. The molecular formula is C16H17FN2OS. The number of anilines is 1. The number of nitrogens with zero attached hydrogens (tertiary/aromatic N) is 2. The number of benzene rings is 2. The Morgan fingerprint density at radius 3 is 2.29 bits per heavy atom. The van der Waals surface area contributed by atoms with Crippen molar-refractivity contribution < 1.29 is 9.18 Å². The summed E-state index contributed by atoms with van der Waals surface area (Å²) in [7, 11) is 3.31. The van der Waals surface area contributed by atoms with E-state index in [1.54, 1.807) is 32.3 Å². The SMILES string of the molecule is CN(C)C(=O)N(CSc1ccccc1)c1ccccc1F. The molecule has 0 radical (unpaired) electrons. The molecule has 0 saturated heterocycles. The van der Waals surface area contributed by atoms with Crippen LogP contribution in [0, 0.1) is 5.82 Å². The molecule has 2 aromatic rings. The molecule has 5 heteroatoms. The molecule has 2 rings (SSSR count). The van der Waals surface area contributed by atoms with Gasteiger partial charge in [0.05, 0.1) is 11.6 Å². The van der Waals surface area contributed by atoms with Crippen LogP contribution in [0.1, 0.15) is 0 Å². The zero-order valence-corrected chi connectivity index (χ0v) is 12.8. The van der Waals surface area contributed by atoms with Crippen LogP contribution in [0.15, 0.2) is 59.5 Å². The maximum atomic E-state index is 14.0. The summed E-state index contributed by atoms with van der Waals surface area (Å²) in [4.78, 5) is 16.2. The number of carbonyl (C=O) groups excluding carboxylic acids is 1. The maximum absolute atomic E-state index is 14.0. The summed E-state index contributed by atoms with van der Waals surface area (Å²) < 4.78 is 14.0. The monoisotopic (exact) mass is 304 g/mol. The van der Waals surface area contributed by atoms with E-state index in [9.17, 15) is 9.18 Å². The van der Waals surface area contributed by atoms with Crippen LogP contribution in [0.3, 0.4) is 0 Å².